The molecule has 0 aliphatic carbocycles. The van der Waals surface area contributed by atoms with Crippen LogP contribution >= 0.6 is 11.3 Å². The summed E-state index contributed by atoms with van der Waals surface area (Å²) in [6.45, 7) is 13.3. The first kappa shape index (κ1) is 32.2. The molecule has 0 aliphatic heterocycles. The monoisotopic (exact) mass is 654 g/mol. The van der Waals surface area contributed by atoms with Crippen LogP contribution in [0.3, 0.4) is 0 Å². The fourth-order valence-corrected chi connectivity index (χ4v) is 8.10. The van der Waals surface area contributed by atoms with Crippen LogP contribution in [0.25, 0.3) is 53.2 Å². The summed E-state index contributed by atoms with van der Waals surface area (Å²) < 4.78 is 4.99. The molecule has 0 unspecified atom stereocenters. The Bertz CT molecular complexity index is 2460. The molecular formula is C46H42N2S. The quantitative estimate of drug-likeness (QED) is 0.133. The number of thiophene rings is 1. The van der Waals surface area contributed by atoms with Crippen LogP contribution in [0.2, 0.25) is 0 Å². The second-order valence-corrected chi connectivity index (χ2v) is 13.4. The number of aryl methyl sites for hydroxylation is 1. The van der Waals surface area contributed by atoms with Gasteiger partial charge < -0.3 is 9.47 Å². The summed E-state index contributed by atoms with van der Waals surface area (Å²) in [6.07, 6.45) is 14.8. The van der Waals surface area contributed by atoms with Crippen LogP contribution in [-0.2, 0) is 6.42 Å². The van der Waals surface area contributed by atoms with Gasteiger partial charge in [-0.1, -0.05) is 99.3 Å². The average molecular weight is 655 g/mol. The number of para-hydroxylation sites is 2. The molecule has 0 saturated carbocycles. The maximum atomic E-state index is 4.74. The van der Waals surface area contributed by atoms with Gasteiger partial charge in [-0.25, -0.2) is 0 Å². The van der Waals surface area contributed by atoms with Gasteiger partial charge in [0.25, 0.3) is 0 Å². The van der Waals surface area contributed by atoms with E-state index >= 15 is 0 Å². The molecule has 0 amide bonds. The second-order valence-electron chi connectivity index (χ2n) is 12.3. The van der Waals surface area contributed by atoms with Crippen LogP contribution in [0.1, 0.15) is 45.2 Å². The van der Waals surface area contributed by atoms with Gasteiger partial charge in [-0.3, -0.25) is 0 Å². The number of fused-ring (bicyclic) bond motifs is 6. The first-order chi connectivity index (χ1) is 24.1. The van der Waals surface area contributed by atoms with Gasteiger partial charge in [-0.2, -0.15) is 0 Å². The molecule has 0 fully saturated rings. The first-order valence-corrected chi connectivity index (χ1v) is 18.1. The minimum atomic E-state index is 0.881. The van der Waals surface area contributed by atoms with E-state index in [0.717, 1.165) is 29.9 Å². The molecule has 0 bridgehead atoms. The SMILES string of the molecule is C=C(/C=C(\CC)c1ccc2c(c1)c1ccccc1n2C(/C=C\C)=C/C=C\C)N(c1ccc2sc3ccccc3c2c1)c1ccccc1CC. The van der Waals surface area contributed by atoms with Crippen molar-refractivity contribution in [2.75, 3.05) is 4.90 Å². The van der Waals surface area contributed by atoms with Crippen molar-refractivity contribution in [1.29, 1.82) is 0 Å². The molecule has 2 heterocycles. The van der Waals surface area contributed by atoms with Crippen LogP contribution in [0, 0.1) is 0 Å². The molecule has 0 saturated heterocycles. The van der Waals surface area contributed by atoms with Gasteiger partial charge in [0.05, 0.1) is 11.0 Å². The van der Waals surface area contributed by atoms with Crippen molar-refractivity contribution in [3.05, 3.63) is 169 Å². The van der Waals surface area contributed by atoms with E-state index in [1.54, 1.807) is 0 Å². The minimum Gasteiger partial charge on any atom is -0.311 e. The standard InChI is InChI=1S/C46H42N2S/c1-6-10-19-36(17-7-2)48-43-23-15-12-20-38(43)40-30-35(25-27-44(40)48)34(9-4)29-32(5)47(42-22-14-11-18-33(42)8-3)37-26-28-46-41(31-37)39-21-13-16-24-45(39)49-46/h6-7,10-31H,5,8-9H2,1-4H3/b10-6-,17-7-,34-29+,36-19+. The maximum absolute atomic E-state index is 4.74. The molecule has 2 aromatic heterocycles. The molecule has 49 heavy (non-hydrogen) atoms. The van der Waals surface area contributed by atoms with Crippen LogP contribution in [0.5, 0.6) is 0 Å². The molecule has 0 N–H and O–H groups in total. The van der Waals surface area contributed by atoms with E-state index in [4.69, 9.17) is 6.58 Å². The number of hydrogen-bond acceptors (Lipinski definition) is 2. The summed E-state index contributed by atoms with van der Waals surface area (Å²) in [7, 11) is 0. The highest BCUT2D eigenvalue weighted by molar-refractivity contribution is 7.25. The maximum Gasteiger partial charge on any atom is 0.0541 e. The summed E-state index contributed by atoms with van der Waals surface area (Å²) in [5, 5.41) is 5.08. The largest absolute Gasteiger partial charge is 0.311 e. The lowest BCUT2D eigenvalue weighted by Gasteiger charge is -2.28. The molecule has 7 aromatic rings. The van der Waals surface area contributed by atoms with Gasteiger partial charge in [-0.05, 0) is 110 Å². The molecule has 5 aromatic carbocycles. The Morgan fingerprint density at radius 1 is 0.735 bits per heavy atom. The van der Waals surface area contributed by atoms with E-state index in [1.807, 2.05) is 11.3 Å². The molecule has 2 nitrogen and oxygen atoms in total. The molecule has 7 rings (SSSR count). The number of rotatable bonds is 10. The number of benzene rings is 5. The fourth-order valence-electron chi connectivity index (χ4n) is 7.02. The summed E-state index contributed by atoms with van der Waals surface area (Å²) in [6, 6.07) is 39.9. The Balaban J connectivity index is 1.37. The summed E-state index contributed by atoms with van der Waals surface area (Å²) in [5.41, 5.74) is 10.5. The van der Waals surface area contributed by atoms with Crippen molar-refractivity contribution in [2.45, 2.75) is 40.5 Å². The zero-order valence-corrected chi connectivity index (χ0v) is 29.6. The summed E-state index contributed by atoms with van der Waals surface area (Å²) >= 11 is 1.85. The van der Waals surface area contributed by atoms with E-state index in [0.29, 0.717) is 0 Å². The number of aromatic nitrogens is 1. The Morgan fingerprint density at radius 3 is 2.27 bits per heavy atom. The van der Waals surface area contributed by atoms with Crippen molar-refractivity contribution in [3.63, 3.8) is 0 Å². The van der Waals surface area contributed by atoms with Crippen molar-refractivity contribution in [2.24, 2.45) is 0 Å². The lowest BCUT2D eigenvalue weighted by atomic mass is 9.99. The van der Waals surface area contributed by atoms with Crippen LogP contribution < -0.4 is 4.90 Å². The van der Waals surface area contributed by atoms with Gasteiger partial charge in [0.2, 0.25) is 0 Å². The molecule has 3 heteroatoms. The average Bonchev–Trinajstić information content (AvgIpc) is 3.68. The van der Waals surface area contributed by atoms with Crippen molar-refractivity contribution in [1.82, 2.24) is 4.57 Å². The van der Waals surface area contributed by atoms with Crippen LogP contribution in [0.15, 0.2) is 158 Å². The van der Waals surface area contributed by atoms with Crippen molar-refractivity contribution < 1.29 is 0 Å². The highest BCUT2D eigenvalue weighted by atomic mass is 32.1. The summed E-state index contributed by atoms with van der Waals surface area (Å²) in [5.74, 6) is 0. The van der Waals surface area contributed by atoms with E-state index in [2.05, 4.69) is 183 Å². The predicted octanol–water partition coefficient (Wildman–Crippen LogP) is 13.9. The normalized spacial score (nSPS) is 12.8. The number of allylic oxidation sites excluding steroid dienone is 8. The Labute approximate surface area is 293 Å². The van der Waals surface area contributed by atoms with Gasteiger partial charge in [0, 0.05) is 53.7 Å². The third kappa shape index (κ3) is 5.96. The van der Waals surface area contributed by atoms with E-state index in [9.17, 15) is 0 Å². The molecule has 0 radical (unpaired) electrons. The van der Waals surface area contributed by atoms with Gasteiger partial charge in [-0.15, -0.1) is 11.3 Å². The lowest BCUT2D eigenvalue weighted by Crippen LogP contribution is -2.16. The Morgan fingerprint density at radius 2 is 1.47 bits per heavy atom. The third-order valence-corrected chi connectivity index (χ3v) is 10.5. The highest BCUT2D eigenvalue weighted by Gasteiger charge is 2.19. The van der Waals surface area contributed by atoms with Crippen molar-refractivity contribution in [3.8, 4) is 0 Å². The minimum absolute atomic E-state index is 0.881. The predicted molar refractivity (Wildman–Crippen MR) is 218 cm³/mol. The molecular weight excluding hydrogens is 613 g/mol. The van der Waals surface area contributed by atoms with E-state index < -0.39 is 0 Å². The smallest absolute Gasteiger partial charge is 0.0541 e. The molecule has 0 spiro atoms. The first-order valence-electron chi connectivity index (χ1n) is 17.2. The number of anilines is 2. The van der Waals surface area contributed by atoms with Crippen molar-refractivity contribution >= 4 is 76.0 Å². The van der Waals surface area contributed by atoms with E-state index in [-0.39, 0.29) is 0 Å². The van der Waals surface area contributed by atoms with Gasteiger partial charge >= 0.3 is 0 Å². The molecule has 0 aliphatic rings. The Kier molecular flexibility index (Phi) is 9.19. The summed E-state index contributed by atoms with van der Waals surface area (Å²) in [4.78, 5) is 2.35. The van der Waals surface area contributed by atoms with Crippen LogP contribution in [-0.4, -0.2) is 4.57 Å². The van der Waals surface area contributed by atoms with E-state index in [1.165, 1.54) is 64.4 Å². The third-order valence-electron chi connectivity index (χ3n) is 9.34. The molecule has 242 valence electrons. The fraction of sp³-hybridized carbons (Fsp3) is 0.130. The zero-order valence-electron chi connectivity index (χ0n) is 28.8. The molecule has 0 atom stereocenters. The topological polar surface area (TPSA) is 8.17 Å². The number of nitrogens with zero attached hydrogens (tertiary/aromatic N) is 2. The second kappa shape index (κ2) is 14.0. The number of hydrogen-bond donors (Lipinski definition) is 0. The van der Waals surface area contributed by atoms with Gasteiger partial charge in [0.1, 0.15) is 0 Å². The van der Waals surface area contributed by atoms with Gasteiger partial charge in [0.15, 0.2) is 0 Å². The lowest BCUT2D eigenvalue weighted by molar-refractivity contribution is 1.10. The highest BCUT2D eigenvalue weighted by Crippen LogP contribution is 2.41. The Hall–Kier alpha value is -5.38. The van der Waals surface area contributed by atoms with Crippen LogP contribution in [0.4, 0.5) is 11.4 Å². The zero-order chi connectivity index (χ0) is 33.9.